The van der Waals surface area contributed by atoms with E-state index in [1.165, 1.54) is 109 Å². The summed E-state index contributed by atoms with van der Waals surface area (Å²) in [6.07, 6.45) is 51.7. The van der Waals surface area contributed by atoms with Crippen molar-refractivity contribution in [2.75, 3.05) is 26.4 Å². The Morgan fingerprint density at radius 1 is 0.559 bits per heavy atom. The van der Waals surface area contributed by atoms with Gasteiger partial charge in [0, 0.05) is 13.0 Å². The van der Waals surface area contributed by atoms with Crippen molar-refractivity contribution >= 4 is 19.8 Å². The Kier molecular flexibility index (Phi) is 42.5. The molecule has 344 valence electrons. The van der Waals surface area contributed by atoms with Crippen molar-refractivity contribution in [1.29, 1.82) is 0 Å². The van der Waals surface area contributed by atoms with Crippen LogP contribution < -0.4 is 5.73 Å². The molecule has 0 aromatic carbocycles. The molecule has 0 saturated carbocycles. The lowest BCUT2D eigenvalue weighted by Crippen LogP contribution is -2.34. The van der Waals surface area contributed by atoms with Gasteiger partial charge < -0.3 is 25.2 Å². The zero-order chi connectivity index (χ0) is 43.3. The fourth-order valence-corrected chi connectivity index (χ4v) is 7.22. The maximum absolute atomic E-state index is 12.7. The van der Waals surface area contributed by atoms with Crippen molar-refractivity contribution in [1.82, 2.24) is 0 Å². The molecule has 0 fully saturated rings. The van der Waals surface area contributed by atoms with Gasteiger partial charge in [-0.2, -0.15) is 0 Å². The highest BCUT2D eigenvalue weighted by molar-refractivity contribution is 7.47. The van der Waals surface area contributed by atoms with Crippen LogP contribution in [-0.4, -0.2) is 60.5 Å². The van der Waals surface area contributed by atoms with Crippen molar-refractivity contribution < 1.29 is 42.7 Å². The third kappa shape index (κ3) is 43.8. The quantitative estimate of drug-likeness (QED) is 0.0233. The molecule has 0 bridgehead atoms. The van der Waals surface area contributed by atoms with E-state index in [-0.39, 0.29) is 13.0 Å². The molecular weight excluding hydrogens is 765 g/mol. The Bertz CT molecular complexity index is 1130. The molecule has 0 saturated heterocycles. The summed E-state index contributed by atoms with van der Waals surface area (Å²) in [5, 5.41) is 8.91. The molecule has 0 rings (SSSR count). The molecule has 10 nitrogen and oxygen atoms in total. The average molecular weight is 854 g/mol. The van der Waals surface area contributed by atoms with Gasteiger partial charge in [-0.3, -0.25) is 18.6 Å². The predicted octanol–water partition coefficient (Wildman–Crippen LogP) is 13.4. The number of hydrogen-bond acceptors (Lipinski definition) is 8. The van der Waals surface area contributed by atoms with Gasteiger partial charge in [0.05, 0.1) is 19.8 Å². The normalized spacial score (nSPS) is 14.2. The number of carbonyl (C=O) groups excluding carboxylic acids is 1. The molecule has 0 amide bonds. The molecule has 11 heteroatoms. The number of hydrogen-bond donors (Lipinski definition) is 3. The number of phosphoric ester groups is 1. The standard InChI is InChI=1S/C48H88NO9P/c1-3-5-7-9-11-13-15-17-19-20-21-22-23-24-25-26-27-28-30-32-34-36-38-40-47(50)58-45(43-56-59(53,54)57-44-46(49)48(51)52)42-55-41-39-37-35-33-31-29-18-16-14-12-10-8-6-4-2/h6,8,12,14,18,20-21,29,45-46H,3-5,7,9-11,13,15-17,19,22-28,30-44,49H2,1-2H3,(H,51,52)(H,53,54)/b8-6-,14-12-,21-20-,29-18-. The predicted molar refractivity (Wildman–Crippen MR) is 244 cm³/mol. The Balaban J connectivity index is 4.15. The van der Waals surface area contributed by atoms with Crippen LogP contribution in [0.4, 0.5) is 0 Å². The van der Waals surface area contributed by atoms with Gasteiger partial charge in [-0.25, -0.2) is 4.57 Å². The summed E-state index contributed by atoms with van der Waals surface area (Å²) in [7, 11) is -4.62. The molecule has 0 aromatic heterocycles. The smallest absolute Gasteiger partial charge is 0.472 e. The number of phosphoric acid groups is 1. The van der Waals surface area contributed by atoms with E-state index in [9.17, 15) is 19.0 Å². The minimum atomic E-state index is -4.62. The Morgan fingerprint density at radius 3 is 1.49 bits per heavy atom. The maximum atomic E-state index is 12.7. The number of carboxylic acids is 1. The zero-order valence-electron chi connectivity index (χ0n) is 37.6. The van der Waals surface area contributed by atoms with Crippen LogP contribution in [0.25, 0.3) is 0 Å². The molecule has 0 radical (unpaired) electrons. The molecule has 3 unspecified atom stereocenters. The van der Waals surface area contributed by atoms with Crippen LogP contribution in [-0.2, 0) is 32.7 Å². The third-order valence-corrected chi connectivity index (χ3v) is 11.0. The van der Waals surface area contributed by atoms with Gasteiger partial charge in [0.15, 0.2) is 0 Å². The summed E-state index contributed by atoms with van der Waals surface area (Å²) in [6, 6.07) is -1.48. The minimum absolute atomic E-state index is 0.00131. The third-order valence-electron chi connectivity index (χ3n) is 10.1. The monoisotopic (exact) mass is 854 g/mol. The molecule has 3 atom stereocenters. The van der Waals surface area contributed by atoms with Crippen LogP contribution in [0, 0.1) is 0 Å². The highest BCUT2D eigenvalue weighted by Gasteiger charge is 2.27. The SMILES string of the molecule is CC/C=C\C/C=C\C/C=C\CCCCCCOCC(COP(=O)(O)OCC(N)C(=O)O)OC(=O)CCCCCCCCCCCCC/C=C\CCCCCCCCCC. The van der Waals surface area contributed by atoms with E-state index < -0.39 is 45.1 Å². The summed E-state index contributed by atoms with van der Waals surface area (Å²) in [5.41, 5.74) is 5.36. The molecule has 0 aliphatic rings. The van der Waals surface area contributed by atoms with Crippen molar-refractivity contribution in [2.45, 2.75) is 219 Å². The van der Waals surface area contributed by atoms with Crippen LogP contribution >= 0.6 is 7.82 Å². The van der Waals surface area contributed by atoms with Gasteiger partial charge >= 0.3 is 19.8 Å². The Morgan fingerprint density at radius 2 is 0.983 bits per heavy atom. The zero-order valence-corrected chi connectivity index (χ0v) is 38.5. The fraction of sp³-hybridized carbons (Fsp3) is 0.792. The van der Waals surface area contributed by atoms with E-state index in [1.807, 2.05) is 0 Å². The van der Waals surface area contributed by atoms with Gasteiger partial charge in [-0.15, -0.1) is 0 Å². The number of esters is 1. The maximum Gasteiger partial charge on any atom is 0.472 e. The second-order valence-corrected chi connectivity index (χ2v) is 17.3. The summed E-state index contributed by atoms with van der Waals surface area (Å²) < 4.78 is 33.4. The number of ether oxygens (including phenoxy) is 2. The van der Waals surface area contributed by atoms with E-state index >= 15 is 0 Å². The highest BCUT2D eigenvalue weighted by Crippen LogP contribution is 2.43. The number of carbonyl (C=O) groups is 2. The number of carboxylic acid groups (broad SMARTS) is 1. The number of unbranched alkanes of at least 4 members (excludes halogenated alkanes) is 23. The minimum Gasteiger partial charge on any atom is -0.480 e. The van der Waals surface area contributed by atoms with Gasteiger partial charge in [0.1, 0.15) is 12.1 Å². The van der Waals surface area contributed by atoms with Crippen molar-refractivity contribution in [3.8, 4) is 0 Å². The largest absolute Gasteiger partial charge is 0.480 e. The molecule has 59 heavy (non-hydrogen) atoms. The second kappa shape index (κ2) is 44.0. The number of aliphatic carboxylic acids is 1. The molecule has 0 aliphatic heterocycles. The van der Waals surface area contributed by atoms with Crippen LogP contribution in [0.1, 0.15) is 206 Å². The average Bonchev–Trinajstić information content (AvgIpc) is 3.21. The van der Waals surface area contributed by atoms with Gasteiger partial charge in [-0.1, -0.05) is 178 Å². The van der Waals surface area contributed by atoms with Gasteiger partial charge in [0.2, 0.25) is 0 Å². The summed E-state index contributed by atoms with van der Waals surface area (Å²) in [4.78, 5) is 33.6. The van der Waals surface area contributed by atoms with E-state index in [0.29, 0.717) is 13.0 Å². The summed E-state index contributed by atoms with van der Waals surface area (Å²) in [5.74, 6) is -1.79. The van der Waals surface area contributed by atoms with E-state index in [4.69, 9.17) is 29.4 Å². The first-order valence-corrected chi connectivity index (χ1v) is 25.2. The molecule has 4 N–H and O–H groups in total. The van der Waals surface area contributed by atoms with Crippen LogP contribution in [0.2, 0.25) is 0 Å². The van der Waals surface area contributed by atoms with E-state index in [2.05, 4.69) is 62.5 Å². The lowest BCUT2D eigenvalue weighted by Gasteiger charge is -2.20. The lowest BCUT2D eigenvalue weighted by molar-refractivity contribution is -0.154. The topological polar surface area (TPSA) is 155 Å². The Labute approximate surface area is 360 Å². The fourth-order valence-electron chi connectivity index (χ4n) is 6.44. The highest BCUT2D eigenvalue weighted by atomic mass is 31.2. The molecule has 0 aromatic rings. The van der Waals surface area contributed by atoms with Crippen LogP contribution in [0.15, 0.2) is 48.6 Å². The Hall–Kier alpha value is -2.07. The van der Waals surface area contributed by atoms with Crippen LogP contribution in [0.5, 0.6) is 0 Å². The van der Waals surface area contributed by atoms with E-state index in [0.717, 1.165) is 70.6 Å². The van der Waals surface area contributed by atoms with Gasteiger partial charge in [-0.05, 0) is 70.6 Å². The molecular formula is C48H88NO9P. The number of nitrogens with two attached hydrogens (primary N) is 1. The molecule has 0 spiro atoms. The van der Waals surface area contributed by atoms with Crippen molar-refractivity contribution in [3.63, 3.8) is 0 Å². The summed E-state index contributed by atoms with van der Waals surface area (Å²) >= 11 is 0. The van der Waals surface area contributed by atoms with Crippen molar-refractivity contribution in [2.24, 2.45) is 5.73 Å². The first-order chi connectivity index (χ1) is 28.7. The molecule has 0 heterocycles. The van der Waals surface area contributed by atoms with Crippen molar-refractivity contribution in [3.05, 3.63) is 48.6 Å². The lowest BCUT2D eigenvalue weighted by atomic mass is 10.0. The van der Waals surface area contributed by atoms with Crippen LogP contribution in [0.3, 0.4) is 0 Å². The van der Waals surface area contributed by atoms with Gasteiger partial charge in [0.25, 0.3) is 0 Å². The van der Waals surface area contributed by atoms with E-state index in [1.54, 1.807) is 0 Å². The number of rotatable bonds is 45. The first kappa shape index (κ1) is 56.9. The molecule has 0 aliphatic carbocycles. The second-order valence-electron chi connectivity index (χ2n) is 15.9. The first-order valence-electron chi connectivity index (χ1n) is 23.7. The number of allylic oxidation sites excluding steroid dienone is 8. The summed E-state index contributed by atoms with van der Waals surface area (Å²) in [6.45, 7) is 3.73.